The first-order valence-electron chi connectivity index (χ1n) is 6.85. The molecule has 1 aromatic heterocycles. The van der Waals surface area contributed by atoms with E-state index in [0.717, 1.165) is 11.3 Å². The molecule has 21 heavy (non-hydrogen) atoms. The molecule has 0 unspecified atom stereocenters. The second kappa shape index (κ2) is 7.38. The van der Waals surface area contributed by atoms with Crippen LogP contribution in [0.2, 0.25) is 0 Å². The Hall–Kier alpha value is -2.43. The monoisotopic (exact) mass is 287 g/mol. The number of nitrogens with zero attached hydrogens (tertiary/aromatic N) is 1. The molecule has 2 N–H and O–H groups in total. The number of carbonyl (C=O) groups is 1. The fourth-order valence-electron chi connectivity index (χ4n) is 1.97. The predicted molar refractivity (Wildman–Crippen MR) is 79.3 cm³/mol. The molecule has 0 aliphatic heterocycles. The van der Waals surface area contributed by atoms with Crippen molar-refractivity contribution in [1.29, 1.82) is 0 Å². The minimum Gasteiger partial charge on any atom is -0.338 e. The number of halogens is 1. The highest BCUT2D eigenvalue weighted by atomic mass is 19.1. The molecule has 0 saturated heterocycles. The average Bonchev–Trinajstić information content (AvgIpc) is 2.48. The summed E-state index contributed by atoms with van der Waals surface area (Å²) in [6.45, 7) is 2.32. The lowest BCUT2D eigenvalue weighted by Crippen LogP contribution is -2.38. The van der Waals surface area contributed by atoms with Gasteiger partial charge in [0.05, 0.1) is 11.7 Å². The third-order valence-corrected chi connectivity index (χ3v) is 3.07. The Bertz CT molecular complexity index is 589. The molecule has 1 atom stereocenters. The number of hydrogen-bond acceptors (Lipinski definition) is 2. The summed E-state index contributed by atoms with van der Waals surface area (Å²) in [5.74, 6) is -0.263. The minimum absolute atomic E-state index is 0.166. The molecule has 0 aliphatic carbocycles. The summed E-state index contributed by atoms with van der Waals surface area (Å²) < 4.78 is 13.0. The van der Waals surface area contributed by atoms with Gasteiger partial charge in [0.15, 0.2) is 0 Å². The van der Waals surface area contributed by atoms with Gasteiger partial charge >= 0.3 is 6.03 Å². The summed E-state index contributed by atoms with van der Waals surface area (Å²) in [4.78, 5) is 15.9. The smallest absolute Gasteiger partial charge is 0.315 e. The predicted octanol–water partition coefficient (Wildman–Crippen LogP) is 2.82. The van der Waals surface area contributed by atoms with Gasteiger partial charge in [-0.25, -0.2) is 9.18 Å². The maximum atomic E-state index is 13.0. The fourth-order valence-corrected chi connectivity index (χ4v) is 1.97. The Kier molecular flexibility index (Phi) is 5.26. The Morgan fingerprint density at radius 1 is 1.29 bits per heavy atom. The molecule has 0 aliphatic rings. The van der Waals surface area contributed by atoms with Gasteiger partial charge in [-0.1, -0.05) is 18.2 Å². The van der Waals surface area contributed by atoms with Gasteiger partial charge in [-0.2, -0.15) is 0 Å². The lowest BCUT2D eigenvalue weighted by Gasteiger charge is -2.14. The number of urea groups is 1. The highest BCUT2D eigenvalue weighted by molar-refractivity contribution is 5.74. The summed E-state index contributed by atoms with van der Waals surface area (Å²) in [5.41, 5.74) is 1.66. The number of amides is 2. The molecular weight excluding hydrogens is 269 g/mol. The number of benzene rings is 1. The van der Waals surface area contributed by atoms with E-state index in [2.05, 4.69) is 15.6 Å². The van der Waals surface area contributed by atoms with Crippen molar-refractivity contribution in [3.8, 4) is 0 Å². The number of nitrogens with one attached hydrogen (secondary N) is 2. The first-order valence-corrected chi connectivity index (χ1v) is 6.85. The molecule has 2 aromatic rings. The summed E-state index contributed by atoms with van der Waals surface area (Å²) >= 11 is 0. The standard InChI is InChI=1S/C16H18FN3O/c1-12(15-7-2-3-9-18-15)20-16(21)19-10-8-13-5-4-6-14(17)11-13/h2-7,9,11-12H,8,10H2,1H3,(H2,19,20,21)/t12-/m1/s1. The van der Waals surface area contributed by atoms with Gasteiger partial charge in [0.2, 0.25) is 0 Å². The minimum atomic E-state index is -0.263. The maximum Gasteiger partial charge on any atom is 0.315 e. The third-order valence-electron chi connectivity index (χ3n) is 3.07. The van der Waals surface area contributed by atoms with Crippen molar-refractivity contribution in [2.45, 2.75) is 19.4 Å². The van der Waals surface area contributed by atoms with Crippen LogP contribution in [0.5, 0.6) is 0 Å². The Morgan fingerprint density at radius 2 is 2.14 bits per heavy atom. The van der Waals surface area contributed by atoms with Crippen molar-refractivity contribution in [2.75, 3.05) is 6.54 Å². The van der Waals surface area contributed by atoms with Gasteiger partial charge in [-0.05, 0) is 43.2 Å². The van der Waals surface area contributed by atoms with Gasteiger partial charge in [0.25, 0.3) is 0 Å². The average molecular weight is 287 g/mol. The zero-order valence-electron chi connectivity index (χ0n) is 11.8. The lowest BCUT2D eigenvalue weighted by molar-refractivity contribution is 0.238. The van der Waals surface area contributed by atoms with Crippen LogP contribution in [0.4, 0.5) is 9.18 Å². The molecule has 0 spiro atoms. The maximum absolute atomic E-state index is 13.0. The van der Waals surface area contributed by atoms with Crippen LogP contribution in [0, 0.1) is 5.82 Å². The summed E-state index contributed by atoms with van der Waals surface area (Å²) in [6.07, 6.45) is 2.28. The molecule has 110 valence electrons. The number of pyridine rings is 1. The van der Waals surface area contributed by atoms with E-state index in [4.69, 9.17) is 0 Å². The molecule has 0 fully saturated rings. The van der Waals surface area contributed by atoms with Gasteiger partial charge in [-0.15, -0.1) is 0 Å². The normalized spacial score (nSPS) is 11.7. The SMILES string of the molecule is C[C@@H](NC(=O)NCCc1cccc(F)c1)c1ccccn1. The van der Waals surface area contributed by atoms with Crippen LogP contribution in [0.3, 0.4) is 0 Å². The highest BCUT2D eigenvalue weighted by Crippen LogP contribution is 2.07. The van der Waals surface area contributed by atoms with E-state index in [1.807, 2.05) is 31.2 Å². The van der Waals surface area contributed by atoms with Crippen LogP contribution >= 0.6 is 0 Å². The number of carbonyl (C=O) groups excluding carboxylic acids is 1. The van der Waals surface area contributed by atoms with E-state index < -0.39 is 0 Å². The van der Waals surface area contributed by atoms with Crippen molar-refractivity contribution in [3.63, 3.8) is 0 Å². The largest absolute Gasteiger partial charge is 0.338 e. The second-order valence-corrected chi connectivity index (χ2v) is 4.76. The van der Waals surface area contributed by atoms with E-state index in [-0.39, 0.29) is 17.9 Å². The third kappa shape index (κ3) is 4.87. The van der Waals surface area contributed by atoms with Gasteiger partial charge in [0.1, 0.15) is 5.82 Å². The molecule has 0 radical (unpaired) electrons. The van der Waals surface area contributed by atoms with Crippen LogP contribution in [0.25, 0.3) is 0 Å². The van der Waals surface area contributed by atoms with Crippen LogP contribution in [0.15, 0.2) is 48.7 Å². The lowest BCUT2D eigenvalue weighted by atomic mass is 10.1. The van der Waals surface area contributed by atoms with E-state index in [1.54, 1.807) is 12.3 Å². The first-order chi connectivity index (χ1) is 10.1. The topological polar surface area (TPSA) is 54.0 Å². The van der Waals surface area contributed by atoms with Crippen molar-refractivity contribution in [3.05, 3.63) is 65.7 Å². The summed E-state index contributed by atoms with van der Waals surface area (Å²) in [7, 11) is 0. The van der Waals surface area contributed by atoms with E-state index in [9.17, 15) is 9.18 Å². The molecule has 5 heteroatoms. The highest BCUT2D eigenvalue weighted by Gasteiger charge is 2.09. The Balaban J connectivity index is 1.75. The van der Waals surface area contributed by atoms with Crippen LogP contribution in [0.1, 0.15) is 24.2 Å². The van der Waals surface area contributed by atoms with Gasteiger partial charge in [0, 0.05) is 12.7 Å². The van der Waals surface area contributed by atoms with Gasteiger partial charge in [-0.3, -0.25) is 4.98 Å². The second-order valence-electron chi connectivity index (χ2n) is 4.76. The molecule has 4 nitrogen and oxygen atoms in total. The number of hydrogen-bond donors (Lipinski definition) is 2. The van der Waals surface area contributed by atoms with Crippen LogP contribution < -0.4 is 10.6 Å². The molecule has 0 bridgehead atoms. The number of aromatic nitrogens is 1. The zero-order chi connectivity index (χ0) is 15.1. The quantitative estimate of drug-likeness (QED) is 0.888. The molecule has 2 amide bonds. The first kappa shape index (κ1) is 15.0. The van der Waals surface area contributed by atoms with Crippen molar-refractivity contribution < 1.29 is 9.18 Å². The molecule has 2 rings (SSSR count). The van der Waals surface area contributed by atoms with E-state index >= 15 is 0 Å². The summed E-state index contributed by atoms with van der Waals surface area (Å²) in [6, 6.07) is 11.5. The van der Waals surface area contributed by atoms with E-state index in [0.29, 0.717) is 13.0 Å². The van der Waals surface area contributed by atoms with Crippen molar-refractivity contribution >= 4 is 6.03 Å². The Morgan fingerprint density at radius 3 is 2.86 bits per heavy atom. The molecule has 1 aromatic carbocycles. The van der Waals surface area contributed by atoms with Crippen LogP contribution in [-0.4, -0.2) is 17.6 Å². The van der Waals surface area contributed by atoms with Crippen molar-refractivity contribution in [1.82, 2.24) is 15.6 Å². The van der Waals surface area contributed by atoms with E-state index in [1.165, 1.54) is 12.1 Å². The number of rotatable bonds is 5. The summed E-state index contributed by atoms with van der Waals surface area (Å²) in [5, 5.41) is 5.56. The molecule has 1 heterocycles. The Labute approximate surface area is 123 Å². The fraction of sp³-hybridized carbons (Fsp3) is 0.250. The molecular formula is C16H18FN3O. The van der Waals surface area contributed by atoms with Gasteiger partial charge < -0.3 is 10.6 Å². The van der Waals surface area contributed by atoms with Crippen LogP contribution in [-0.2, 0) is 6.42 Å². The zero-order valence-corrected chi connectivity index (χ0v) is 11.8. The molecule has 0 saturated carbocycles. The van der Waals surface area contributed by atoms with Crippen molar-refractivity contribution in [2.24, 2.45) is 0 Å².